The van der Waals surface area contributed by atoms with Gasteiger partial charge in [-0.15, -0.1) is 0 Å². The second-order valence-corrected chi connectivity index (χ2v) is 7.71. The average molecular weight is 386 g/mol. The summed E-state index contributed by atoms with van der Waals surface area (Å²) in [6.07, 6.45) is 5.25. The van der Waals surface area contributed by atoms with Gasteiger partial charge in [-0.05, 0) is 44.1 Å². The van der Waals surface area contributed by atoms with Gasteiger partial charge in [0.25, 0.3) is 11.8 Å². The Balaban J connectivity index is 1.43. The number of likely N-dealkylation sites (tertiary alicyclic amines) is 1. The molecule has 0 unspecified atom stereocenters. The maximum atomic E-state index is 12.4. The first-order valence-corrected chi connectivity index (χ1v) is 9.99. The van der Waals surface area contributed by atoms with E-state index in [0.717, 1.165) is 60.3 Å². The molecule has 0 bridgehead atoms. The number of nitrogens with zero attached hydrogens (tertiary/aromatic N) is 2. The van der Waals surface area contributed by atoms with Crippen LogP contribution in [0.1, 0.15) is 35.7 Å². The van der Waals surface area contributed by atoms with E-state index in [1.807, 2.05) is 42.6 Å². The summed E-state index contributed by atoms with van der Waals surface area (Å²) in [5, 5.41) is 3.38. The highest BCUT2D eigenvalue weighted by Gasteiger charge is 2.31. The first-order chi connectivity index (χ1) is 14.2. The van der Waals surface area contributed by atoms with E-state index in [2.05, 4.69) is 26.3 Å². The molecule has 2 aliphatic rings. The van der Waals surface area contributed by atoms with E-state index in [1.54, 1.807) is 0 Å². The first-order valence-electron chi connectivity index (χ1n) is 9.99. The quantitative estimate of drug-likeness (QED) is 0.676. The van der Waals surface area contributed by atoms with Crippen LogP contribution in [0.25, 0.3) is 16.5 Å². The van der Waals surface area contributed by atoms with Crippen molar-refractivity contribution in [2.75, 3.05) is 13.1 Å². The number of hydrogen-bond donors (Lipinski definition) is 2. The van der Waals surface area contributed by atoms with Crippen LogP contribution < -0.4 is 5.32 Å². The lowest BCUT2D eigenvalue weighted by atomic mass is 9.88. The van der Waals surface area contributed by atoms with E-state index in [4.69, 9.17) is 0 Å². The Bertz CT molecular complexity index is 1110. The molecule has 5 rings (SSSR count). The van der Waals surface area contributed by atoms with Crippen LogP contribution >= 0.6 is 0 Å². The molecule has 29 heavy (non-hydrogen) atoms. The predicted octanol–water partition coefficient (Wildman–Crippen LogP) is 2.98. The smallest absolute Gasteiger partial charge is 0.258 e. The van der Waals surface area contributed by atoms with Crippen LogP contribution in [0.4, 0.5) is 0 Å². The number of aromatic nitrogens is 2. The number of fused-ring (bicyclic) bond motifs is 1. The second-order valence-electron chi connectivity index (χ2n) is 7.71. The van der Waals surface area contributed by atoms with Crippen molar-refractivity contribution in [1.82, 2.24) is 20.2 Å². The number of hydrogen-bond acceptors (Lipinski definition) is 4. The monoisotopic (exact) mass is 386 g/mol. The maximum Gasteiger partial charge on any atom is 0.258 e. The van der Waals surface area contributed by atoms with Gasteiger partial charge in [-0.1, -0.05) is 24.3 Å². The van der Waals surface area contributed by atoms with Gasteiger partial charge >= 0.3 is 0 Å². The highest BCUT2D eigenvalue weighted by Crippen LogP contribution is 2.38. The minimum absolute atomic E-state index is 0.311. The lowest BCUT2D eigenvalue weighted by Crippen LogP contribution is -2.33. The van der Waals surface area contributed by atoms with Gasteiger partial charge in [0.1, 0.15) is 0 Å². The van der Waals surface area contributed by atoms with Gasteiger partial charge in [0.05, 0.1) is 11.3 Å². The number of amides is 2. The fourth-order valence-electron chi connectivity index (χ4n) is 4.46. The molecule has 4 heterocycles. The highest BCUT2D eigenvalue weighted by atomic mass is 16.2. The molecule has 146 valence electrons. The Kier molecular flexibility index (Phi) is 4.48. The van der Waals surface area contributed by atoms with Crippen LogP contribution in [0.15, 0.2) is 54.7 Å². The number of rotatable bonds is 4. The largest absolute Gasteiger partial charge is 0.358 e. The summed E-state index contributed by atoms with van der Waals surface area (Å²) < 4.78 is 0. The fourth-order valence-corrected chi connectivity index (χ4v) is 4.46. The number of carbonyl (C=O) groups excluding carboxylic acids is 2. The number of para-hydroxylation sites is 1. The van der Waals surface area contributed by atoms with Gasteiger partial charge in [-0.3, -0.25) is 24.8 Å². The molecular weight excluding hydrogens is 364 g/mol. The van der Waals surface area contributed by atoms with Crippen molar-refractivity contribution in [2.24, 2.45) is 0 Å². The van der Waals surface area contributed by atoms with Crippen LogP contribution in [-0.2, 0) is 16.1 Å². The van der Waals surface area contributed by atoms with E-state index in [9.17, 15) is 9.59 Å². The number of pyridine rings is 1. The summed E-state index contributed by atoms with van der Waals surface area (Å²) in [7, 11) is 0. The number of piperidine rings is 1. The summed E-state index contributed by atoms with van der Waals surface area (Å²) in [6, 6.07) is 14.0. The SMILES string of the molecule is O=C1C=C(c2c(C3CCN(Cc4ccccn4)CC3)[nH]c3ccccc23)C(=O)N1. The van der Waals surface area contributed by atoms with E-state index in [1.165, 1.54) is 6.08 Å². The van der Waals surface area contributed by atoms with Gasteiger partial charge in [-0.2, -0.15) is 0 Å². The minimum atomic E-state index is -0.341. The molecule has 6 heteroatoms. The van der Waals surface area contributed by atoms with Crippen LogP contribution in [0.2, 0.25) is 0 Å². The molecule has 0 aliphatic carbocycles. The molecule has 2 amide bonds. The Morgan fingerprint density at radius 1 is 1.03 bits per heavy atom. The zero-order chi connectivity index (χ0) is 19.8. The molecule has 0 saturated carbocycles. The number of carbonyl (C=O) groups is 2. The van der Waals surface area contributed by atoms with Gasteiger partial charge in [0.2, 0.25) is 0 Å². The van der Waals surface area contributed by atoms with Crippen molar-refractivity contribution in [1.29, 1.82) is 0 Å². The number of nitrogens with one attached hydrogen (secondary N) is 2. The van der Waals surface area contributed by atoms with Gasteiger partial charge in [0.15, 0.2) is 0 Å². The summed E-state index contributed by atoms with van der Waals surface area (Å²) >= 11 is 0. The van der Waals surface area contributed by atoms with E-state index >= 15 is 0 Å². The normalized spacial score (nSPS) is 18.3. The number of benzene rings is 1. The fraction of sp³-hybridized carbons (Fsp3) is 0.261. The molecule has 0 atom stereocenters. The van der Waals surface area contributed by atoms with Gasteiger partial charge in [-0.25, -0.2) is 0 Å². The lowest BCUT2D eigenvalue weighted by Gasteiger charge is -2.32. The van der Waals surface area contributed by atoms with Crippen LogP contribution in [0.5, 0.6) is 0 Å². The molecule has 1 saturated heterocycles. The van der Waals surface area contributed by atoms with Crippen molar-refractivity contribution in [3.8, 4) is 0 Å². The Morgan fingerprint density at radius 3 is 2.55 bits per heavy atom. The average Bonchev–Trinajstić information content (AvgIpc) is 3.28. The van der Waals surface area contributed by atoms with Gasteiger partial charge < -0.3 is 4.98 Å². The molecule has 0 spiro atoms. The zero-order valence-corrected chi connectivity index (χ0v) is 16.0. The zero-order valence-electron chi connectivity index (χ0n) is 16.0. The number of imide groups is 1. The molecular formula is C23H22N4O2. The van der Waals surface area contributed by atoms with Crippen molar-refractivity contribution >= 4 is 28.3 Å². The minimum Gasteiger partial charge on any atom is -0.358 e. The van der Waals surface area contributed by atoms with Crippen molar-refractivity contribution < 1.29 is 9.59 Å². The molecule has 1 aromatic carbocycles. The standard InChI is InChI=1S/C23H22N4O2/c28-20-13-18(23(29)26-20)21-17-6-1-2-7-19(17)25-22(21)15-8-11-27(12-9-15)14-16-5-3-4-10-24-16/h1-7,10,13,15,25H,8-9,11-12,14H2,(H,26,28,29). The molecule has 2 aromatic heterocycles. The first kappa shape index (κ1) is 17.8. The van der Waals surface area contributed by atoms with E-state index in [0.29, 0.717) is 11.5 Å². The second kappa shape index (κ2) is 7.29. The lowest BCUT2D eigenvalue weighted by molar-refractivity contribution is -0.123. The van der Waals surface area contributed by atoms with Crippen LogP contribution in [0, 0.1) is 0 Å². The summed E-state index contributed by atoms with van der Waals surface area (Å²) in [5.74, 6) is -0.332. The van der Waals surface area contributed by atoms with Crippen molar-refractivity contribution in [3.05, 3.63) is 71.7 Å². The topological polar surface area (TPSA) is 78.1 Å². The third-order valence-electron chi connectivity index (χ3n) is 5.87. The van der Waals surface area contributed by atoms with E-state index < -0.39 is 0 Å². The molecule has 3 aromatic rings. The van der Waals surface area contributed by atoms with Crippen molar-refractivity contribution in [2.45, 2.75) is 25.3 Å². The number of H-pyrrole nitrogens is 1. The van der Waals surface area contributed by atoms with Gasteiger partial charge in [0, 0.05) is 46.9 Å². The molecule has 6 nitrogen and oxygen atoms in total. The number of aromatic amines is 1. The third kappa shape index (κ3) is 3.36. The third-order valence-corrected chi connectivity index (χ3v) is 5.87. The Labute approximate surface area is 168 Å². The summed E-state index contributed by atoms with van der Waals surface area (Å²) in [5.41, 5.74) is 4.51. The summed E-state index contributed by atoms with van der Waals surface area (Å²) in [6.45, 7) is 2.80. The van der Waals surface area contributed by atoms with Crippen molar-refractivity contribution in [3.63, 3.8) is 0 Å². The molecule has 1 fully saturated rings. The van der Waals surface area contributed by atoms with Crippen LogP contribution in [0.3, 0.4) is 0 Å². The summed E-state index contributed by atoms with van der Waals surface area (Å²) in [4.78, 5) is 34.6. The Hall–Kier alpha value is -3.25. The van der Waals surface area contributed by atoms with E-state index in [-0.39, 0.29) is 11.8 Å². The van der Waals surface area contributed by atoms with Crippen LogP contribution in [-0.4, -0.2) is 39.8 Å². The highest BCUT2D eigenvalue weighted by molar-refractivity contribution is 6.35. The predicted molar refractivity (Wildman–Crippen MR) is 111 cm³/mol. The Morgan fingerprint density at radius 2 is 1.83 bits per heavy atom. The molecule has 2 N–H and O–H groups in total. The maximum absolute atomic E-state index is 12.4. The molecule has 0 radical (unpaired) electrons. The molecule has 2 aliphatic heterocycles.